The molecular weight excluding hydrogens is 352 g/mol. The summed E-state index contributed by atoms with van der Waals surface area (Å²) in [5, 5.41) is 4.84. The first-order chi connectivity index (χ1) is 13.7. The van der Waals surface area contributed by atoms with Crippen LogP contribution in [0.5, 0.6) is 0 Å². The number of ether oxygens (including phenoxy) is 1. The van der Waals surface area contributed by atoms with Crippen molar-refractivity contribution < 1.29 is 9.53 Å². The smallest absolute Gasteiger partial charge is 0.294 e. The average molecular weight is 380 g/mol. The fourth-order valence-electron chi connectivity index (χ4n) is 4.68. The first kappa shape index (κ1) is 18.7. The summed E-state index contributed by atoms with van der Waals surface area (Å²) in [6.07, 6.45) is 9.28. The number of carbonyl (C=O) groups is 1. The molecule has 1 aromatic carbocycles. The van der Waals surface area contributed by atoms with E-state index < -0.39 is 6.23 Å². The number of allylic oxidation sites excluding steroid dienone is 2. The van der Waals surface area contributed by atoms with Crippen molar-refractivity contribution in [1.29, 1.82) is 0 Å². The van der Waals surface area contributed by atoms with Gasteiger partial charge < -0.3 is 10.5 Å². The first-order valence-electron chi connectivity index (χ1n) is 10.1. The zero-order valence-electron chi connectivity index (χ0n) is 16.3. The van der Waals surface area contributed by atoms with E-state index in [2.05, 4.69) is 17.1 Å². The molecule has 3 atom stereocenters. The number of benzene rings is 1. The fraction of sp³-hybridized carbons (Fsp3) is 0.455. The van der Waals surface area contributed by atoms with E-state index in [1.54, 1.807) is 4.68 Å². The van der Waals surface area contributed by atoms with Crippen LogP contribution in [0.1, 0.15) is 67.1 Å². The predicted octanol–water partition coefficient (Wildman–Crippen LogP) is 3.83. The Kier molecular flexibility index (Phi) is 5.48. The Hall–Kier alpha value is -2.60. The highest BCUT2D eigenvalue weighted by molar-refractivity contribution is 5.48. The van der Waals surface area contributed by atoms with Gasteiger partial charge in [-0.1, -0.05) is 42.5 Å². The number of anilines is 1. The molecule has 0 spiro atoms. The molecule has 1 fully saturated rings. The van der Waals surface area contributed by atoms with E-state index in [-0.39, 0.29) is 6.04 Å². The van der Waals surface area contributed by atoms with Crippen molar-refractivity contribution in [2.45, 2.75) is 50.3 Å². The van der Waals surface area contributed by atoms with Crippen LogP contribution in [0.2, 0.25) is 0 Å². The Morgan fingerprint density at radius 2 is 2.07 bits per heavy atom. The molecule has 6 nitrogen and oxygen atoms in total. The van der Waals surface area contributed by atoms with E-state index in [0.717, 1.165) is 55.7 Å². The highest BCUT2D eigenvalue weighted by atomic mass is 16.5. The van der Waals surface area contributed by atoms with Gasteiger partial charge >= 0.3 is 0 Å². The van der Waals surface area contributed by atoms with E-state index in [4.69, 9.17) is 15.6 Å². The molecule has 2 N–H and O–H groups in total. The molecule has 2 heterocycles. The number of rotatable bonds is 6. The standard InChI is InChI=1S/C22H28N4O2/c1-25-21(23)19(16-9-4-2-5-10-16)20(24-25)18-13-8-14-26(18)22(28-15-27)17-11-6-3-7-12-17/h2-4,6-7,11-12,15-16,18,22H,5,8-10,13-14,23H2,1H3. The third kappa shape index (κ3) is 3.44. The second-order valence-electron chi connectivity index (χ2n) is 7.68. The van der Waals surface area contributed by atoms with Gasteiger partial charge in [-0.2, -0.15) is 5.10 Å². The first-order valence-corrected chi connectivity index (χ1v) is 10.1. The van der Waals surface area contributed by atoms with Crippen LogP contribution in [0.4, 0.5) is 5.82 Å². The van der Waals surface area contributed by atoms with E-state index in [1.807, 2.05) is 37.4 Å². The number of carbonyl (C=O) groups excluding carboxylic acids is 1. The molecule has 6 heteroatoms. The van der Waals surface area contributed by atoms with E-state index in [0.29, 0.717) is 12.4 Å². The highest BCUT2D eigenvalue weighted by Gasteiger charge is 2.38. The Bertz CT molecular complexity index is 846. The van der Waals surface area contributed by atoms with Crippen molar-refractivity contribution in [3.8, 4) is 0 Å². The molecule has 3 unspecified atom stereocenters. The zero-order valence-corrected chi connectivity index (χ0v) is 16.3. The second kappa shape index (κ2) is 8.19. The maximum absolute atomic E-state index is 11.3. The molecule has 0 bridgehead atoms. The summed E-state index contributed by atoms with van der Waals surface area (Å²) in [4.78, 5) is 13.5. The van der Waals surface area contributed by atoms with E-state index in [9.17, 15) is 4.79 Å². The molecule has 0 amide bonds. The topological polar surface area (TPSA) is 73.4 Å². The third-order valence-corrected chi connectivity index (χ3v) is 6.02. The maximum atomic E-state index is 11.3. The number of likely N-dealkylation sites (tertiary alicyclic amines) is 1. The molecule has 1 aromatic heterocycles. The summed E-state index contributed by atoms with van der Waals surface area (Å²) < 4.78 is 7.36. The molecular formula is C22H28N4O2. The summed E-state index contributed by atoms with van der Waals surface area (Å²) >= 11 is 0. The lowest BCUT2D eigenvalue weighted by Gasteiger charge is -2.32. The molecule has 148 valence electrons. The lowest BCUT2D eigenvalue weighted by molar-refractivity contribution is -0.145. The van der Waals surface area contributed by atoms with Gasteiger partial charge in [0.2, 0.25) is 0 Å². The zero-order chi connectivity index (χ0) is 19.5. The van der Waals surface area contributed by atoms with Gasteiger partial charge in [0.15, 0.2) is 6.23 Å². The summed E-state index contributed by atoms with van der Waals surface area (Å²) in [6.45, 7) is 1.41. The van der Waals surface area contributed by atoms with Gasteiger partial charge in [-0.3, -0.25) is 14.4 Å². The third-order valence-electron chi connectivity index (χ3n) is 6.02. The molecule has 1 aliphatic heterocycles. The number of nitrogens with zero attached hydrogens (tertiary/aromatic N) is 3. The van der Waals surface area contributed by atoms with Crippen molar-refractivity contribution >= 4 is 12.3 Å². The minimum Gasteiger partial charge on any atom is -0.444 e. The Morgan fingerprint density at radius 3 is 2.79 bits per heavy atom. The highest BCUT2D eigenvalue weighted by Crippen LogP contribution is 2.44. The SMILES string of the molecule is Cn1nc(C2CCCN2C(OC=O)c2ccccc2)c(C2CC=CCC2)c1N. The van der Waals surface area contributed by atoms with Gasteiger partial charge in [-0.15, -0.1) is 0 Å². The minimum absolute atomic E-state index is 0.0922. The van der Waals surface area contributed by atoms with Gasteiger partial charge in [0.25, 0.3) is 6.47 Å². The van der Waals surface area contributed by atoms with Crippen molar-refractivity contribution in [2.24, 2.45) is 7.05 Å². The summed E-state index contributed by atoms with van der Waals surface area (Å²) in [5.41, 5.74) is 9.67. The average Bonchev–Trinajstić information content (AvgIpc) is 3.32. The van der Waals surface area contributed by atoms with Crippen LogP contribution in [-0.2, 0) is 16.6 Å². The van der Waals surface area contributed by atoms with Crippen LogP contribution in [0.3, 0.4) is 0 Å². The minimum atomic E-state index is -0.409. The van der Waals surface area contributed by atoms with Crippen molar-refractivity contribution in [1.82, 2.24) is 14.7 Å². The number of nitrogen functional groups attached to an aromatic ring is 1. The van der Waals surface area contributed by atoms with Gasteiger partial charge in [-0.05, 0) is 38.0 Å². The van der Waals surface area contributed by atoms with Crippen LogP contribution < -0.4 is 5.73 Å². The molecule has 1 aliphatic carbocycles. The van der Waals surface area contributed by atoms with Gasteiger partial charge in [-0.25, -0.2) is 0 Å². The molecule has 28 heavy (non-hydrogen) atoms. The number of hydrogen-bond acceptors (Lipinski definition) is 5. The Morgan fingerprint density at radius 1 is 1.25 bits per heavy atom. The Labute approximate surface area is 166 Å². The van der Waals surface area contributed by atoms with Crippen LogP contribution in [-0.4, -0.2) is 27.7 Å². The Balaban J connectivity index is 1.71. The predicted molar refractivity (Wildman–Crippen MR) is 108 cm³/mol. The summed E-state index contributed by atoms with van der Waals surface area (Å²) in [7, 11) is 1.91. The molecule has 0 saturated carbocycles. The fourth-order valence-corrected chi connectivity index (χ4v) is 4.68. The van der Waals surface area contributed by atoms with Crippen LogP contribution in [0.15, 0.2) is 42.5 Å². The normalized spacial score (nSPS) is 23.6. The maximum Gasteiger partial charge on any atom is 0.294 e. The molecule has 2 aromatic rings. The monoisotopic (exact) mass is 380 g/mol. The van der Waals surface area contributed by atoms with E-state index in [1.165, 1.54) is 5.56 Å². The van der Waals surface area contributed by atoms with E-state index >= 15 is 0 Å². The van der Waals surface area contributed by atoms with Gasteiger partial charge in [0.1, 0.15) is 5.82 Å². The van der Waals surface area contributed by atoms with Crippen LogP contribution in [0.25, 0.3) is 0 Å². The molecule has 2 aliphatic rings. The van der Waals surface area contributed by atoms with Crippen LogP contribution in [0, 0.1) is 0 Å². The lowest BCUT2D eigenvalue weighted by atomic mass is 9.85. The number of aromatic nitrogens is 2. The number of hydrogen-bond donors (Lipinski definition) is 1. The van der Waals surface area contributed by atoms with Crippen LogP contribution >= 0.6 is 0 Å². The van der Waals surface area contributed by atoms with Crippen molar-refractivity contribution in [2.75, 3.05) is 12.3 Å². The number of nitrogens with two attached hydrogens (primary N) is 1. The lowest BCUT2D eigenvalue weighted by Crippen LogP contribution is -2.31. The number of aryl methyl sites for hydroxylation is 1. The molecule has 4 rings (SSSR count). The van der Waals surface area contributed by atoms with Crippen molar-refractivity contribution in [3.63, 3.8) is 0 Å². The van der Waals surface area contributed by atoms with Crippen molar-refractivity contribution in [3.05, 3.63) is 59.3 Å². The quantitative estimate of drug-likeness (QED) is 0.609. The van der Waals surface area contributed by atoms with Gasteiger partial charge in [0, 0.05) is 24.7 Å². The summed E-state index contributed by atoms with van der Waals surface area (Å²) in [6, 6.07) is 10.0. The molecule has 1 saturated heterocycles. The summed E-state index contributed by atoms with van der Waals surface area (Å²) in [5.74, 6) is 1.16. The van der Waals surface area contributed by atoms with Gasteiger partial charge in [0.05, 0.1) is 11.7 Å². The second-order valence-corrected chi connectivity index (χ2v) is 7.68. The largest absolute Gasteiger partial charge is 0.444 e. The molecule has 0 radical (unpaired) electrons.